The summed E-state index contributed by atoms with van der Waals surface area (Å²) in [6.45, 7) is 0. The lowest BCUT2D eigenvalue weighted by Gasteiger charge is -2.13. The van der Waals surface area contributed by atoms with Crippen LogP contribution >= 0.6 is 15.9 Å². The first kappa shape index (κ1) is 10.1. The predicted molar refractivity (Wildman–Crippen MR) is 58.8 cm³/mol. The van der Waals surface area contributed by atoms with Crippen LogP contribution in [0.5, 0.6) is 0 Å². The maximum absolute atomic E-state index is 13.0. The molecule has 1 aliphatic carbocycles. The summed E-state index contributed by atoms with van der Waals surface area (Å²) in [4.78, 5) is 0. The highest BCUT2D eigenvalue weighted by Crippen LogP contribution is 2.38. The van der Waals surface area contributed by atoms with E-state index in [0.29, 0.717) is 4.47 Å². The average Bonchev–Trinajstić information content (AvgIpc) is 2.93. The molecule has 0 heterocycles. The fourth-order valence-corrected chi connectivity index (χ4v) is 2.13. The van der Waals surface area contributed by atoms with Crippen LogP contribution in [0.15, 0.2) is 22.7 Å². The van der Waals surface area contributed by atoms with Crippen molar-refractivity contribution in [3.63, 3.8) is 0 Å². The molecule has 0 aromatic heterocycles. The molecular weight excluding hydrogens is 245 g/mol. The smallest absolute Gasteiger partial charge is 0.137 e. The van der Waals surface area contributed by atoms with Crippen LogP contribution in [-0.2, 0) is 6.42 Å². The van der Waals surface area contributed by atoms with Crippen molar-refractivity contribution >= 4 is 15.9 Å². The molecule has 0 saturated heterocycles. The summed E-state index contributed by atoms with van der Waals surface area (Å²) in [5.41, 5.74) is 1.47. The van der Waals surface area contributed by atoms with Gasteiger partial charge >= 0.3 is 0 Å². The summed E-state index contributed by atoms with van der Waals surface area (Å²) in [5, 5.41) is 3.33. The first-order valence-electron chi connectivity index (χ1n) is 4.78. The molecule has 0 radical (unpaired) electrons. The monoisotopic (exact) mass is 257 g/mol. The maximum Gasteiger partial charge on any atom is 0.137 e. The fourth-order valence-electron chi connectivity index (χ4n) is 1.71. The van der Waals surface area contributed by atoms with Gasteiger partial charge in [0.1, 0.15) is 5.82 Å². The van der Waals surface area contributed by atoms with E-state index in [0.717, 1.165) is 6.42 Å². The van der Waals surface area contributed by atoms with Crippen LogP contribution in [-0.4, -0.2) is 12.6 Å². The van der Waals surface area contributed by atoms with E-state index in [9.17, 15) is 4.39 Å². The first-order valence-corrected chi connectivity index (χ1v) is 5.57. The summed E-state index contributed by atoms with van der Waals surface area (Å²) in [6.07, 6.45) is 3.43. The van der Waals surface area contributed by atoms with Gasteiger partial charge in [0, 0.05) is 5.54 Å². The molecule has 2 rings (SSSR count). The summed E-state index contributed by atoms with van der Waals surface area (Å²) in [7, 11) is 1.99. The van der Waals surface area contributed by atoms with E-state index in [1.807, 2.05) is 19.2 Å². The molecule has 1 aliphatic rings. The van der Waals surface area contributed by atoms with E-state index in [-0.39, 0.29) is 11.4 Å². The molecule has 1 fully saturated rings. The van der Waals surface area contributed by atoms with Crippen molar-refractivity contribution in [2.75, 3.05) is 7.05 Å². The third kappa shape index (κ3) is 1.98. The van der Waals surface area contributed by atoms with Crippen LogP contribution in [0.2, 0.25) is 0 Å². The summed E-state index contributed by atoms with van der Waals surface area (Å²) in [5.74, 6) is -0.192. The molecule has 0 spiro atoms. The predicted octanol–water partition coefficient (Wildman–Crippen LogP) is 2.88. The van der Waals surface area contributed by atoms with Crippen LogP contribution in [0.25, 0.3) is 0 Å². The average molecular weight is 258 g/mol. The zero-order valence-corrected chi connectivity index (χ0v) is 9.70. The lowest BCUT2D eigenvalue weighted by atomic mass is 10.0. The summed E-state index contributed by atoms with van der Waals surface area (Å²) >= 11 is 3.20. The molecule has 76 valence electrons. The van der Waals surface area contributed by atoms with Gasteiger partial charge in [0.25, 0.3) is 0 Å². The van der Waals surface area contributed by atoms with Gasteiger partial charge in [-0.3, -0.25) is 0 Å². The van der Waals surface area contributed by atoms with E-state index >= 15 is 0 Å². The third-order valence-electron chi connectivity index (χ3n) is 2.91. The lowest BCUT2D eigenvalue weighted by Crippen LogP contribution is -2.29. The van der Waals surface area contributed by atoms with Crippen molar-refractivity contribution in [1.29, 1.82) is 0 Å². The Morgan fingerprint density at radius 2 is 2.21 bits per heavy atom. The van der Waals surface area contributed by atoms with Gasteiger partial charge in [-0.1, -0.05) is 6.07 Å². The highest BCUT2D eigenvalue weighted by Gasteiger charge is 2.40. The first-order chi connectivity index (χ1) is 6.65. The van der Waals surface area contributed by atoms with Gasteiger partial charge in [0.15, 0.2) is 0 Å². The normalized spacial score (nSPS) is 18.2. The highest BCUT2D eigenvalue weighted by atomic mass is 79.9. The second-order valence-electron chi connectivity index (χ2n) is 3.96. The SMILES string of the molecule is CNC1(Cc2ccc(F)c(Br)c2)CC1. The van der Waals surface area contributed by atoms with Crippen molar-refractivity contribution in [3.05, 3.63) is 34.1 Å². The van der Waals surface area contributed by atoms with Crippen molar-refractivity contribution < 1.29 is 4.39 Å². The Bertz CT molecular complexity index is 347. The van der Waals surface area contributed by atoms with Gasteiger partial charge in [-0.05, 0) is 59.9 Å². The summed E-state index contributed by atoms with van der Waals surface area (Å²) in [6, 6.07) is 5.25. The number of likely N-dealkylation sites (N-methyl/N-ethyl adjacent to an activating group) is 1. The Hall–Kier alpha value is -0.410. The lowest BCUT2D eigenvalue weighted by molar-refractivity contribution is 0.547. The van der Waals surface area contributed by atoms with Crippen LogP contribution in [0.4, 0.5) is 4.39 Å². The number of hydrogen-bond acceptors (Lipinski definition) is 1. The van der Waals surface area contributed by atoms with Gasteiger partial charge < -0.3 is 5.32 Å². The van der Waals surface area contributed by atoms with Gasteiger partial charge in [-0.15, -0.1) is 0 Å². The standard InChI is InChI=1S/C11H13BrFN/c1-14-11(4-5-11)7-8-2-3-10(13)9(12)6-8/h2-3,6,14H,4-5,7H2,1H3. The van der Waals surface area contributed by atoms with Crippen molar-refractivity contribution in [2.24, 2.45) is 0 Å². The topological polar surface area (TPSA) is 12.0 Å². The number of hydrogen-bond donors (Lipinski definition) is 1. The second kappa shape index (κ2) is 3.63. The largest absolute Gasteiger partial charge is 0.314 e. The molecule has 1 nitrogen and oxygen atoms in total. The zero-order chi connectivity index (χ0) is 10.2. The van der Waals surface area contributed by atoms with Crippen LogP contribution < -0.4 is 5.32 Å². The number of halogens is 2. The van der Waals surface area contributed by atoms with Gasteiger partial charge in [0.05, 0.1) is 4.47 Å². The zero-order valence-electron chi connectivity index (χ0n) is 8.11. The molecule has 0 atom stereocenters. The van der Waals surface area contributed by atoms with Crippen LogP contribution in [0.3, 0.4) is 0 Å². The number of benzene rings is 1. The fraction of sp³-hybridized carbons (Fsp3) is 0.455. The van der Waals surface area contributed by atoms with Crippen molar-refractivity contribution in [3.8, 4) is 0 Å². The molecule has 1 aromatic rings. The molecule has 3 heteroatoms. The van der Waals surface area contributed by atoms with E-state index in [1.165, 1.54) is 24.5 Å². The minimum atomic E-state index is -0.192. The minimum absolute atomic E-state index is 0.192. The molecule has 0 amide bonds. The maximum atomic E-state index is 13.0. The van der Waals surface area contributed by atoms with E-state index in [2.05, 4.69) is 21.2 Å². The number of nitrogens with one attached hydrogen (secondary N) is 1. The van der Waals surface area contributed by atoms with Crippen molar-refractivity contribution in [1.82, 2.24) is 5.32 Å². The Morgan fingerprint density at radius 1 is 1.50 bits per heavy atom. The highest BCUT2D eigenvalue weighted by molar-refractivity contribution is 9.10. The van der Waals surface area contributed by atoms with Crippen LogP contribution in [0.1, 0.15) is 18.4 Å². The Labute approximate surface area is 91.8 Å². The molecule has 0 aliphatic heterocycles. The minimum Gasteiger partial charge on any atom is -0.314 e. The summed E-state index contributed by atoms with van der Waals surface area (Å²) < 4.78 is 13.5. The van der Waals surface area contributed by atoms with Gasteiger partial charge in [-0.2, -0.15) is 0 Å². The Balaban J connectivity index is 2.14. The van der Waals surface area contributed by atoms with Crippen LogP contribution in [0, 0.1) is 5.82 Å². The molecule has 1 aromatic carbocycles. The van der Waals surface area contributed by atoms with Crippen molar-refractivity contribution in [2.45, 2.75) is 24.8 Å². The molecule has 0 unspecified atom stereocenters. The molecular formula is C11H13BrFN. The molecule has 14 heavy (non-hydrogen) atoms. The third-order valence-corrected chi connectivity index (χ3v) is 3.52. The Kier molecular flexibility index (Phi) is 2.62. The molecule has 1 N–H and O–H groups in total. The van der Waals surface area contributed by atoms with E-state index < -0.39 is 0 Å². The molecule has 1 saturated carbocycles. The van der Waals surface area contributed by atoms with Gasteiger partial charge in [0.2, 0.25) is 0 Å². The van der Waals surface area contributed by atoms with E-state index in [4.69, 9.17) is 0 Å². The number of rotatable bonds is 3. The van der Waals surface area contributed by atoms with Gasteiger partial charge in [-0.25, -0.2) is 4.39 Å². The molecule has 0 bridgehead atoms. The van der Waals surface area contributed by atoms with E-state index in [1.54, 1.807) is 0 Å². The Morgan fingerprint density at radius 3 is 2.71 bits per heavy atom. The quantitative estimate of drug-likeness (QED) is 0.879. The second-order valence-corrected chi connectivity index (χ2v) is 4.81.